The third-order valence-electron chi connectivity index (χ3n) is 6.44. The Kier molecular flexibility index (Phi) is 8.00. The smallest absolute Gasteiger partial charge is 0.0597 e. The summed E-state index contributed by atoms with van der Waals surface area (Å²) in [5, 5.41) is 3.81. The summed E-state index contributed by atoms with van der Waals surface area (Å²) in [5.41, 5.74) is 8.44. The molecule has 4 aromatic carbocycles. The number of rotatable bonds is 9. The summed E-state index contributed by atoms with van der Waals surface area (Å²) in [6.45, 7) is 6.66. The van der Waals surface area contributed by atoms with Crippen LogP contribution in [0.25, 0.3) is 24.3 Å². The van der Waals surface area contributed by atoms with E-state index in [1.807, 2.05) is 6.07 Å². The first-order valence-corrected chi connectivity index (χ1v) is 12.5. The fourth-order valence-electron chi connectivity index (χ4n) is 4.36. The van der Waals surface area contributed by atoms with Gasteiger partial charge in [-0.05, 0) is 60.2 Å². The number of nitrogens with one attached hydrogen (secondary N) is 1. The molecule has 0 heterocycles. The predicted octanol–water partition coefficient (Wildman–Crippen LogP) is 9.46. The van der Waals surface area contributed by atoms with Gasteiger partial charge in [0.1, 0.15) is 0 Å². The molecule has 0 aliphatic rings. The molecule has 0 spiro atoms. The van der Waals surface area contributed by atoms with Crippen LogP contribution in [0, 0.1) is 6.92 Å². The standard InChI is InChI=1S/C34H35N/c1-4-26-34(3,32-22-18-30(19-23-32)17-16-29-12-10-27(2)11-13-29)35-33-24-20-31(21-25-33)15-14-28-8-6-5-7-9-28/h5-25,35H,4,26H2,1-3H3/b15-14+,17-16+. The molecule has 0 aliphatic carbocycles. The summed E-state index contributed by atoms with van der Waals surface area (Å²) in [6, 6.07) is 36.7. The first kappa shape index (κ1) is 24.3. The van der Waals surface area contributed by atoms with Gasteiger partial charge in [0.15, 0.2) is 0 Å². The molecule has 4 rings (SSSR count). The van der Waals surface area contributed by atoms with E-state index in [2.05, 4.69) is 147 Å². The zero-order chi connectivity index (χ0) is 24.5. The summed E-state index contributed by atoms with van der Waals surface area (Å²) in [6.07, 6.45) is 10.8. The summed E-state index contributed by atoms with van der Waals surface area (Å²) in [4.78, 5) is 0. The summed E-state index contributed by atoms with van der Waals surface area (Å²) < 4.78 is 0. The highest BCUT2D eigenvalue weighted by Crippen LogP contribution is 2.31. The van der Waals surface area contributed by atoms with Crippen LogP contribution in [0.15, 0.2) is 103 Å². The molecular formula is C34H35N. The van der Waals surface area contributed by atoms with Crippen molar-refractivity contribution in [3.63, 3.8) is 0 Å². The van der Waals surface area contributed by atoms with E-state index in [0.29, 0.717) is 0 Å². The van der Waals surface area contributed by atoms with Crippen molar-refractivity contribution < 1.29 is 0 Å². The number of aryl methyl sites for hydroxylation is 1. The molecule has 0 aliphatic heterocycles. The predicted molar refractivity (Wildman–Crippen MR) is 154 cm³/mol. The molecule has 1 heteroatoms. The van der Waals surface area contributed by atoms with Crippen molar-refractivity contribution in [3.05, 3.63) is 137 Å². The van der Waals surface area contributed by atoms with Gasteiger partial charge in [-0.2, -0.15) is 0 Å². The molecule has 0 saturated carbocycles. The van der Waals surface area contributed by atoms with Crippen LogP contribution in [0.1, 0.15) is 60.1 Å². The van der Waals surface area contributed by atoms with Crippen LogP contribution >= 0.6 is 0 Å². The highest BCUT2D eigenvalue weighted by Gasteiger charge is 2.25. The van der Waals surface area contributed by atoms with Crippen LogP contribution in [0.4, 0.5) is 5.69 Å². The van der Waals surface area contributed by atoms with Crippen LogP contribution < -0.4 is 5.32 Å². The normalized spacial score (nSPS) is 13.2. The monoisotopic (exact) mass is 457 g/mol. The van der Waals surface area contributed by atoms with E-state index in [9.17, 15) is 0 Å². The SMILES string of the molecule is CCCC(C)(Nc1ccc(/C=C/c2ccccc2)cc1)c1ccc(/C=C/c2ccc(C)cc2)cc1. The minimum Gasteiger partial charge on any atom is -0.376 e. The molecule has 0 radical (unpaired) electrons. The van der Waals surface area contributed by atoms with Gasteiger partial charge in [0, 0.05) is 5.69 Å². The molecule has 1 unspecified atom stereocenters. The molecule has 4 aromatic rings. The average Bonchev–Trinajstić information content (AvgIpc) is 2.89. The molecule has 0 aromatic heterocycles. The molecule has 0 saturated heterocycles. The van der Waals surface area contributed by atoms with E-state index in [1.165, 1.54) is 33.4 Å². The lowest BCUT2D eigenvalue weighted by molar-refractivity contribution is 0.488. The lowest BCUT2D eigenvalue weighted by Gasteiger charge is -2.33. The van der Waals surface area contributed by atoms with Gasteiger partial charge in [0.2, 0.25) is 0 Å². The van der Waals surface area contributed by atoms with E-state index >= 15 is 0 Å². The number of hydrogen-bond acceptors (Lipinski definition) is 1. The van der Waals surface area contributed by atoms with E-state index in [1.54, 1.807) is 0 Å². The summed E-state index contributed by atoms with van der Waals surface area (Å²) in [5.74, 6) is 0. The van der Waals surface area contributed by atoms with Crippen molar-refractivity contribution >= 4 is 30.0 Å². The zero-order valence-electron chi connectivity index (χ0n) is 21.0. The van der Waals surface area contributed by atoms with E-state index in [0.717, 1.165) is 18.5 Å². The minimum absolute atomic E-state index is 0.130. The van der Waals surface area contributed by atoms with Crippen molar-refractivity contribution in [1.29, 1.82) is 0 Å². The molecule has 35 heavy (non-hydrogen) atoms. The fourth-order valence-corrected chi connectivity index (χ4v) is 4.36. The molecule has 1 atom stereocenters. The highest BCUT2D eigenvalue weighted by atomic mass is 15.0. The maximum Gasteiger partial charge on any atom is 0.0597 e. The second-order valence-electron chi connectivity index (χ2n) is 9.44. The van der Waals surface area contributed by atoms with Crippen molar-refractivity contribution in [2.75, 3.05) is 5.32 Å². The Morgan fingerprint density at radius 1 is 0.600 bits per heavy atom. The van der Waals surface area contributed by atoms with Gasteiger partial charge in [-0.25, -0.2) is 0 Å². The summed E-state index contributed by atoms with van der Waals surface area (Å²) >= 11 is 0. The Bertz CT molecular complexity index is 1250. The van der Waals surface area contributed by atoms with Gasteiger partial charge in [-0.1, -0.05) is 134 Å². The largest absolute Gasteiger partial charge is 0.376 e. The van der Waals surface area contributed by atoms with Crippen LogP contribution in [0.2, 0.25) is 0 Å². The Morgan fingerprint density at radius 2 is 1.06 bits per heavy atom. The Labute approximate surface area is 210 Å². The molecule has 176 valence electrons. The van der Waals surface area contributed by atoms with Gasteiger partial charge >= 0.3 is 0 Å². The fraction of sp³-hybridized carbons (Fsp3) is 0.176. The molecule has 1 nitrogen and oxygen atoms in total. The van der Waals surface area contributed by atoms with Crippen molar-refractivity contribution in [3.8, 4) is 0 Å². The lowest BCUT2D eigenvalue weighted by atomic mass is 9.86. The number of hydrogen-bond donors (Lipinski definition) is 1. The third-order valence-corrected chi connectivity index (χ3v) is 6.44. The Balaban J connectivity index is 1.45. The first-order valence-electron chi connectivity index (χ1n) is 12.5. The topological polar surface area (TPSA) is 12.0 Å². The van der Waals surface area contributed by atoms with Crippen LogP contribution in [0.5, 0.6) is 0 Å². The van der Waals surface area contributed by atoms with Crippen LogP contribution in [-0.4, -0.2) is 0 Å². The number of anilines is 1. The van der Waals surface area contributed by atoms with Crippen molar-refractivity contribution in [1.82, 2.24) is 0 Å². The van der Waals surface area contributed by atoms with Gasteiger partial charge in [-0.3, -0.25) is 0 Å². The van der Waals surface area contributed by atoms with E-state index in [-0.39, 0.29) is 5.54 Å². The maximum absolute atomic E-state index is 3.81. The van der Waals surface area contributed by atoms with Crippen molar-refractivity contribution in [2.45, 2.75) is 39.2 Å². The molecule has 0 bridgehead atoms. The van der Waals surface area contributed by atoms with Gasteiger partial charge in [-0.15, -0.1) is 0 Å². The second-order valence-corrected chi connectivity index (χ2v) is 9.44. The highest BCUT2D eigenvalue weighted by molar-refractivity contribution is 5.71. The molecule has 1 N–H and O–H groups in total. The Morgan fingerprint density at radius 3 is 1.57 bits per heavy atom. The third kappa shape index (κ3) is 6.83. The lowest BCUT2D eigenvalue weighted by Crippen LogP contribution is -2.31. The quantitative estimate of drug-likeness (QED) is 0.247. The molecular weight excluding hydrogens is 422 g/mol. The zero-order valence-corrected chi connectivity index (χ0v) is 21.0. The molecule has 0 fully saturated rings. The van der Waals surface area contributed by atoms with Crippen molar-refractivity contribution in [2.24, 2.45) is 0 Å². The van der Waals surface area contributed by atoms with Crippen LogP contribution in [-0.2, 0) is 5.54 Å². The van der Waals surface area contributed by atoms with Gasteiger partial charge in [0.05, 0.1) is 5.54 Å². The van der Waals surface area contributed by atoms with E-state index in [4.69, 9.17) is 0 Å². The van der Waals surface area contributed by atoms with Crippen LogP contribution in [0.3, 0.4) is 0 Å². The van der Waals surface area contributed by atoms with E-state index < -0.39 is 0 Å². The maximum atomic E-state index is 3.81. The van der Waals surface area contributed by atoms with Gasteiger partial charge < -0.3 is 5.32 Å². The van der Waals surface area contributed by atoms with Gasteiger partial charge in [0.25, 0.3) is 0 Å². The Hall–Kier alpha value is -3.84. The average molecular weight is 458 g/mol. The summed E-state index contributed by atoms with van der Waals surface area (Å²) in [7, 11) is 0. The second kappa shape index (κ2) is 11.5. The first-order chi connectivity index (χ1) is 17.0. The molecule has 0 amide bonds. The number of benzene rings is 4. The minimum atomic E-state index is -0.130.